The van der Waals surface area contributed by atoms with Gasteiger partial charge in [-0.2, -0.15) is 0 Å². The molecular formula is C24H26O5. The van der Waals surface area contributed by atoms with Crippen molar-refractivity contribution in [3.05, 3.63) is 83.4 Å². The second kappa shape index (κ2) is 9.83. The minimum atomic E-state index is -0.454. The highest BCUT2D eigenvalue weighted by molar-refractivity contribution is 5.89. The summed E-state index contributed by atoms with van der Waals surface area (Å²) in [7, 11) is 0. The van der Waals surface area contributed by atoms with E-state index in [0.29, 0.717) is 25.4 Å². The van der Waals surface area contributed by atoms with Gasteiger partial charge in [0.05, 0.1) is 31.5 Å². The summed E-state index contributed by atoms with van der Waals surface area (Å²) >= 11 is 0. The maximum Gasteiger partial charge on any atom is 0.338 e. The van der Waals surface area contributed by atoms with Crippen molar-refractivity contribution in [1.82, 2.24) is 0 Å². The Labute approximate surface area is 171 Å². The Bertz CT molecular complexity index is 815. The van der Waals surface area contributed by atoms with Crippen LogP contribution in [0.5, 0.6) is 0 Å². The highest BCUT2D eigenvalue weighted by atomic mass is 16.7. The van der Waals surface area contributed by atoms with Crippen LogP contribution in [0.1, 0.15) is 47.0 Å². The average Bonchev–Trinajstić information content (AvgIpc) is 3.25. The molecule has 5 heteroatoms. The van der Waals surface area contributed by atoms with Gasteiger partial charge >= 0.3 is 5.97 Å². The summed E-state index contributed by atoms with van der Waals surface area (Å²) in [6.07, 6.45) is 5.92. The van der Waals surface area contributed by atoms with Crippen molar-refractivity contribution >= 4 is 5.97 Å². The number of benzene rings is 2. The number of ether oxygens (including phenoxy) is 4. The lowest BCUT2D eigenvalue weighted by atomic mass is 10.1. The van der Waals surface area contributed by atoms with Crippen LogP contribution in [0.2, 0.25) is 0 Å². The van der Waals surface area contributed by atoms with E-state index in [1.807, 2.05) is 30.3 Å². The zero-order valence-corrected chi connectivity index (χ0v) is 16.4. The quantitative estimate of drug-likeness (QED) is 0.563. The van der Waals surface area contributed by atoms with Crippen LogP contribution in [0.4, 0.5) is 0 Å². The molecule has 2 aromatic carbocycles. The fraction of sp³-hybridized carbons (Fsp3) is 0.375. The van der Waals surface area contributed by atoms with Crippen LogP contribution in [0.25, 0.3) is 0 Å². The van der Waals surface area contributed by atoms with Gasteiger partial charge in [-0.1, -0.05) is 54.6 Å². The van der Waals surface area contributed by atoms with Gasteiger partial charge in [0.25, 0.3) is 0 Å². The van der Waals surface area contributed by atoms with Crippen LogP contribution >= 0.6 is 0 Å². The van der Waals surface area contributed by atoms with Crippen LogP contribution in [0, 0.1) is 0 Å². The zero-order chi connectivity index (χ0) is 19.9. The molecule has 5 nitrogen and oxygen atoms in total. The first-order valence-electron chi connectivity index (χ1n) is 10.1. The third kappa shape index (κ3) is 5.32. The monoisotopic (exact) mass is 394 g/mol. The van der Waals surface area contributed by atoms with E-state index in [1.165, 1.54) is 0 Å². The Morgan fingerprint density at radius 2 is 1.83 bits per heavy atom. The average molecular weight is 394 g/mol. The van der Waals surface area contributed by atoms with Crippen molar-refractivity contribution in [1.29, 1.82) is 0 Å². The van der Waals surface area contributed by atoms with Crippen molar-refractivity contribution in [3.63, 3.8) is 0 Å². The molecule has 5 rings (SSSR count). The number of fused-ring (bicyclic) bond motifs is 9. The van der Waals surface area contributed by atoms with Crippen molar-refractivity contribution < 1.29 is 23.7 Å². The molecule has 1 saturated heterocycles. The Balaban J connectivity index is 1.48. The lowest BCUT2D eigenvalue weighted by Crippen LogP contribution is -2.30. The molecule has 0 radical (unpaired) electrons. The SMILES string of the molecule is O=C1OCCC/C=C\C[C@H](OCc2ccccc2)[C@H]2CO[C@H](O2)c2ccc1cc2. The van der Waals surface area contributed by atoms with Crippen LogP contribution in [-0.4, -0.2) is 31.4 Å². The molecule has 0 amide bonds. The first-order chi connectivity index (χ1) is 14.3. The van der Waals surface area contributed by atoms with Crippen molar-refractivity contribution in [2.45, 2.75) is 44.4 Å². The van der Waals surface area contributed by atoms with Crippen LogP contribution in [0.15, 0.2) is 66.7 Å². The number of carbonyl (C=O) groups excluding carboxylic acids is 1. The van der Waals surface area contributed by atoms with Gasteiger partial charge < -0.3 is 18.9 Å². The highest BCUT2D eigenvalue weighted by Crippen LogP contribution is 2.30. The lowest BCUT2D eigenvalue weighted by Gasteiger charge is -2.22. The van der Waals surface area contributed by atoms with E-state index in [2.05, 4.69) is 24.3 Å². The molecule has 1 fully saturated rings. The fourth-order valence-corrected chi connectivity index (χ4v) is 3.47. The van der Waals surface area contributed by atoms with Crippen LogP contribution in [0.3, 0.4) is 0 Å². The van der Waals surface area contributed by atoms with Gasteiger partial charge in [-0.05, 0) is 37.0 Å². The molecule has 4 bridgehead atoms. The third-order valence-electron chi connectivity index (χ3n) is 5.13. The standard InChI is InChI=1S/C24H26O5/c25-23-19-11-13-20(14-12-19)24-28-17-22(29-24)21(10-6-1-2-7-15-26-23)27-16-18-8-4-3-5-9-18/h1,3-6,8-9,11-14,21-22,24H,2,7,10,15-17H2/b6-1-/t21-,22+,24+/m0/s1. The van der Waals surface area contributed by atoms with Crippen molar-refractivity contribution in [2.75, 3.05) is 13.2 Å². The largest absolute Gasteiger partial charge is 0.462 e. The number of esters is 1. The summed E-state index contributed by atoms with van der Waals surface area (Å²) in [5, 5.41) is 0. The molecule has 0 aliphatic carbocycles. The first kappa shape index (κ1) is 19.8. The minimum absolute atomic E-state index is 0.0959. The molecular weight excluding hydrogens is 368 g/mol. The highest BCUT2D eigenvalue weighted by Gasteiger charge is 2.33. The normalized spacial score (nSPS) is 26.2. The number of hydrogen-bond acceptors (Lipinski definition) is 5. The maximum atomic E-state index is 12.1. The Hall–Kier alpha value is -2.47. The summed E-state index contributed by atoms with van der Waals surface area (Å²) in [5.41, 5.74) is 2.56. The number of rotatable bonds is 3. The van der Waals surface area contributed by atoms with Crippen LogP contribution in [-0.2, 0) is 25.6 Å². The Morgan fingerprint density at radius 3 is 2.66 bits per heavy atom. The van der Waals surface area contributed by atoms with Gasteiger partial charge in [-0.15, -0.1) is 0 Å². The summed E-state index contributed by atoms with van der Waals surface area (Å²) < 4.78 is 23.6. The van der Waals surface area contributed by atoms with Gasteiger partial charge in [-0.25, -0.2) is 4.79 Å². The molecule has 3 atom stereocenters. The van der Waals surface area contributed by atoms with E-state index in [1.54, 1.807) is 12.1 Å². The summed E-state index contributed by atoms with van der Waals surface area (Å²) in [6, 6.07) is 17.4. The smallest absolute Gasteiger partial charge is 0.338 e. The summed E-state index contributed by atoms with van der Waals surface area (Å²) in [4.78, 5) is 12.1. The molecule has 2 aromatic rings. The van der Waals surface area contributed by atoms with Gasteiger partial charge in [0.15, 0.2) is 6.29 Å². The molecule has 3 aliphatic heterocycles. The second-order valence-electron chi connectivity index (χ2n) is 7.28. The number of hydrogen-bond donors (Lipinski definition) is 0. The van der Waals surface area contributed by atoms with E-state index >= 15 is 0 Å². The molecule has 29 heavy (non-hydrogen) atoms. The predicted octanol–water partition coefficient (Wildman–Crippen LogP) is 4.58. The number of allylic oxidation sites excluding steroid dienone is 1. The predicted molar refractivity (Wildman–Crippen MR) is 108 cm³/mol. The molecule has 3 aliphatic rings. The van der Waals surface area contributed by atoms with Crippen molar-refractivity contribution in [2.24, 2.45) is 0 Å². The van der Waals surface area contributed by atoms with E-state index in [4.69, 9.17) is 18.9 Å². The molecule has 3 heterocycles. The minimum Gasteiger partial charge on any atom is -0.462 e. The van der Waals surface area contributed by atoms with E-state index in [0.717, 1.165) is 30.4 Å². The van der Waals surface area contributed by atoms with Crippen LogP contribution < -0.4 is 0 Å². The molecule has 0 aromatic heterocycles. The van der Waals surface area contributed by atoms with Gasteiger partial charge in [0.2, 0.25) is 0 Å². The van der Waals surface area contributed by atoms with Gasteiger partial charge in [-0.3, -0.25) is 0 Å². The molecule has 0 N–H and O–H groups in total. The molecule has 0 spiro atoms. The molecule has 152 valence electrons. The van der Waals surface area contributed by atoms with E-state index in [9.17, 15) is 4.79 Å². The topological polar surface area (TPSA) is 54.0 Å². The van der Waals surface area contributed by atoms with Crippen molar-refractivity contribution in [3.8, 4) is 0 Å². The second-order valence-corrected chi connectivity index (χ2v) is 7.28. The molecule has 0 unspecified atom stereocenters. The molecule has 0 saturated carbocycles. The zero-order valence-electron chi connectivity index (χ0n) is 16.4. The van der Waals surface area contributed by atoms with E-state index in [-0.39, 0.29) is 18.2 Å². The lowest BCUT2D eigenvalue weighted by molar-refractivity contribution is -0.0997. The number of carbonyl (C=O) groups is 1. The summed E-state index contributed by atoms with van der Waals surface area (Å²) in [5.74, 6) is -0.298. The Kier molecular flexibility index (Phi) is 6.72. The third-order valence-corrected chi connectivity index (χ3v) is 5.13. The fourth-order valence-electron chi connectivity index (χ4n) is 3.47. The van der Waals surface area contributed by atoms with Gasteiger partial charge in [0, 0.05) is 5.56 Å². The van der Waals surface area contributed by atoms with Gasteiger partial charge in [0.1, 0.15) is 6.10 Å². The maximum absolute atomic E-state index is 12.1. The first-order valence-corrected chi connectivity index (χ1v) is 10.1. The van der Waals surface area contributed by atoms with E-state index < -0.39 is 6.29 Å². The Morgan fingerprint density at radius 1 is 1.00 bits per heavy atom. The summed E-state index contributed by atoms with van der Waals surface area (Å²) in [6.45, 7) is 1.42.